The average Bonchev–Trinajstić information content (AvgIpc) is 2.39. The summed E-state index contributed by atoms with van der Waals surface area (Å²) in [6.45, 7) is 1.62. The van der Waals surface area contributed by atoms with Gasteiger partial charge < -0.3 is 15.7 Å². The molecule has 1 atom stereocenters. The smallest absolute Gasteiger partial charge is 0.337 e. The summed E-state index contributed by atoms with van der Waals surface area (Å²) in [5.41, 5.74) is 0.546. The molecule has 1 aliphatic rings. The van der Waals surface area contributed by atoms with Crippen molar-refractivity contribution in [3.05, 3.63) is 28.8 Å². The molecule has 0 spiro atoms. The number of aromatic carboxylic acids is 1. The number of halogens is 1. The van der Waals surface area contributed by atoms with Gasteiger partial charge >= 0.3 is 5.97 Å². The minimum absolute atomic E-state index is 0.0269. The second-order valence-corrected chi connectivity index (χ2v) is 4.94. The second-order valence-electron chi connectivity index (χ2n) is 4.53. The molecule has 1 aromatic rings. The number of carboxylic acids is 1. The van der Waals surface area contributed by atoms with Gasteiger partial charge in [0.2, 0.25) is 5.91 Å². The Morgan fingerprint density at radius 1 is 1.42 bits per heavy atom. The summed E-state index contributed by atoms with van der Waals surface area (Å²) in [4.78, 5) is 22.8. The number of nitrogens with one attached hydrogen (secondary N) is 2. The fraction of sp³-hybridized carbons (Fsp3) is 0.385. The van der Waals surface area contributed by atoms with E-state index in [9.17, 15) is 9.59 Å². The van der Waals surface area contributed by atoms with E-state index in [0.717, 1.165) is 19.4 Å². The van der Waals surface area contributed by atoms with Crippen molar-refractivity contribution in [2.75, 3.05) is 18.4 Å². The first-order chi connectivity index (χ1) is 9.08. The molecule has 102 valence electrons. The molecule has 0 unspecified atom stereocenters. The topological polar surface area (TPSA) is 78.4 Å². The number of hydrogen-bond donors (Lipinski definition) is 3. The van der Waals surface area contributed by atoms with Gasteiger partial charge in [-0.05, 0) is 37.6 Å². The zero-order valence-electron chi connectivity index (χ0n) is 10.3. The lowest BCUT2D eigenvalue weighted by Gasteiger charge is -2.21. The lowest BCUT2D eigenvalue weighted by atomic mass is 9.99. The first-order valence-corrected chi connectivity index (χ1v) is 6.50. The van der Waals surface area contributed by atoms with Crippen LogP contribution in [0.2, 0.25) is 5.02 Å². The Morgan fingerprint density at radius 2 is 2.21 bits per heavy atom. The average molecular weight is 283 g/mol. The molecule has 2 rings (SSSR count). The van der Waals surface area contributed by atoms with Gasteiger partial charge in [-0.3, -0.25) is 4.79 Å². The molecule has 1 aromatic carbocycles. The van der Waals surface area contributed by atoms with Crippen LogP contribution in [0.15, 0.2) is 18.2 Å². The minimum atomic E-state index is -1.08. The van der Waals surface area contributed by atoms with Crippen LogP contribution in [0.25, 0.3) is 0 Å². The van der Waals surface area contributed by atoms with E-state index in [-0.39, 0.29) is 22.4 Å². The number of carbonyl (C=O) groups is 2. The maximum atomic E-state index is 12.0. The third-order valence-electron chi connectivity index (χ3n) is 3.13. The van der Waals surface area contributed by atoms with Crippen LogP contribution in [0.3, 0.4) is 0 Å². The quantitative estimate of drug-likeness (QED) is 0.792. The summed E-state index contributed by atoms with van der Waals surface area (Å²) in [5.74, 6) is -1.20. The highest BCUT2D eigenvalue weighted by molar-refractivity contribution is 6.33. The molecule has 5 nitrogen and oxygen atoms in total. The van der Waals surface area contributed by atoms with E-state index >= 15 is 0 Å². The van der Waals surface area contributed by atoms with Crippen LogP contribution in [-0.2, 0) is 4.79 Å². The number of benzene rings is 1. The fourth-order valence-electron chi connectivity index (χ4n) is 2.09. The molecule has 19 heavy (non-hydrogen) atoms. The van der Waals surface area contributed by atoms with Gasteiger partial charge in [-0.15, -0.1) is 0 Å². The molecule has 6 heteroatoms. The zero-order chi connectivity index (χ0) is 13.8. The number of carboxylic acid groups (broad SMARTS) is 1. The number of amides is 1. The van der Waals surface area contributed by atoms with Crippen molar-refractivity contribution < 1.29 is 14.7 Å². The first-order valence-electron chi connectivity index (χ1n) is 6.12. The van der Waals surface area contributed by atoms with Gasteiger partial charge in [-0.2, -0.15) is 0 Å². The molecular formula is C13H15ClN2O3. The number of rotatable bonds is 3. The van der Waals surface area contributed by atoms with Gasteiger partial charge in [0.25, 0.3) is 0 Å². The Labute approximate surface area is 116 Å². The summed E-state index contributed by atoms with van der Waals surface area (Å²) in [6, 6.07) is 4.39. The maximum Gasteiger partial charge on any atom is 0.337 e. The largest absolute Gasteiger partial charge is 0.478 e. The van der Waals surface area contributed by atoms with Gasteiger partial charge in [0.15, 0.2) is 0 Å². The predicted molar refractivity (Wildman–Crippen MR) is 72.6 cm³/mol. The highest BCUT2D eigenvalue weighted by atomic mass is 35.5. The van der Waals surface area contributed by atoms with Gasteiger partial charge in [0.1, 0.15) is 0 Å². The van der Waals surface area contributed by atoms with E-state index in [0.29, 0.717) is 12.2 Å². The van der Waals surface area contributed by atoms with Gasteiger partial charge in [-0.25, -0.2) is 4.79 Å². The van der Waals surface area contributed by atoms with Crippen molar-refractivity contribution in [2.45, 2.75) is 12.8 Å². The molecule has 1 fully saturated rings. The van der Waals surface area contributed by atoms with Crippen LogP contribution in [0.4, 0.5) is 5.69 Å². The molecule has 1 amide bonds. The molecular weight excluding hydrogens is 268 g/mol. The minimum Gasteiger partial charge on any atom is -0.478 e. The summed E-state index contributed by atoms with van der Waals surface area (Å²) < 4.78 is 0. The molecule has 0 saturated carbocycles. The standard InChI is InChI=1S/C13H15ClN2O3/c14-11-6-9(3-4-10(11)13(18)19)16-12(17)8-2-1-5-15-7-8/h3-4,6,8,15H,1-2,5,7H2,(H,16,17)(H,18,19)/t8-/m1/s1. The van der Waals surface area contributed by atoms with Crippen molar-refractivity contribution >= 4 is 29.2 Å². The normalized spacial score (nSPS) is 18.9. The van der Waals surface area contributed by atoms with Gasteiger partial charge in [-0.1, -0.05) is 11.6 Å². The van der Waals surface area contributed by atoms with Gasteiger partial charge in [0, 0.05) is 12.2 Å². The van der Waals surface area contributed by atoms with Crippen LogP contribution < -0.4 is 10.6 Å². The van der Waals surface area contributed by atoms with Crippen LogP contribution in [-0.4, -0.2) is 30.1 Å². The Bertz CT molecular complexity index is 499. The highest BCUT2D eigenvalue weighted by Gasteiger charge is 2.21. The van der Waals surface area contributed by atoms with Crippen LogP contribution in [0.1, 0.15) is 23.2 Å². The van der Waals surface area contributed by atoms with Crippen molar-refractivity contribution in [1.82, 2.24) is 5.32 Å². The SMILES string of the molecule is O=C(O)c1ccc(NC(=O)[C@@H]2CCCNC2)cc1Cl. The van der Waals surface area contributed by atoms with E-state index in [2.05, 4.69) is 10.6 Å². The fourth-order valence-corrected chi connectivity index (χ4v) is 2.35. The number of hydrogen-bond acceptors (Lipinski definition) is 3. The Morgan fingerprint density at radius 3 is 2.79 bits per heavy atom. The number of piperidine rings is 1. The lowest BCUT2D eigenvalue weighted by Crippen LogP contribution is -2.37. The van der Waals surface area contributed by atoms with E-state index in [1.165, 1.54) is 12.1 Å². The molecule has 0 radical (unpaired) electrons. The van der Waals surface area contributed by atoms with E-state index in [1.807, 2.05) is 0 Å². The van der Waals surface area contributed by atoms with E-state index < -0.39 is 5.97 Å². The Balaban J connectivity index is 2.04. The zero-order valence-corrected chi connectivity index (χ0v) is 11.0. The molecule has 1 saturated heterocycles. The Kier molecular flexibility index (Phi) is 4.39. The first kappa shape index (κ1) is 13.8. The van der Waals surface area contributed by atoms with E-state index in [4.69, 9.17) is 16.7 Å². The third-order valence-corrected chi connectivity index (χ3v) is 3.45. The molecule has 0 aromatic heterocycles. The van der Waals surface area contributed by atoms with Crippen LogP contribution >= 0.6 is 11.6 Å². The monoisotopic (exact) mass is 282 g/mol. The molecule has 1 heterocycles. The highest BCUT2D eigenvalue weighted by Crippen LogP contribution is 2.22. The maximum absolute atomic E-state index is 12.0. The summed E-state index contributed by atoms with van der Waals surface area (Å²) in [5, 5.41) is 14.9. The second kappa shape index (κ2) is 6.04. The third kappa shape index (κ3) is 3.45. The van der Waals surface area contributed by atoms with Crippen LogP contribution in [0.5, 0.6) is 0 Å². The van der Waals surface area contributed by atoms with Crippen molar-refractivity contribution in [2.24, 2.45) is 5.92 Å². The van der Waals surface area contributed by atoms with Gasteiger partial charge in [0.05, 0.1) is 16.5 Å². The Hall–Kier alpha value is -1.59. The lowest BCUT2D eigenvalue weighted by molar-refractivity contribution is -0.120. The van der Waals surface area contributed by atoms with Crippen molar-refractivity contribution in [3.63, 3.8) is 0 Å². The molecule has 0 bridgehead atoms. The summed E-state index contributed by atoms with van der Waals surface area (Å²) >= 11 is 5.85. The summed E-state index contributed by atoms with van der Waals surface area (Å²) in [6.07, 6.45) is 1.84. The van der Waals surface area contributed by atoms with Crippen molar-refractivity contribution in [1.29, 1.82) is 0 Å². The molecule has 0 aliphatic carbocycles. The molecule has 3 N–H and O–H groups in total. The summed E-state index contributed by atoms with van der Waals surface area (Å²) in [7, 11) is 0. The molecule has 1 aliphatic heterocycles. The number of anilines is 1. The van der Waals surface area contributed by atoms with Crippen molar-refractivity contribution in [3.8, 4) is 0 Å². The van der Waals surface area contributed by atoms with Crippen LogP contribution in [0, 0.1) is 5.92 Å². The number of carbonyl (C=O) groups excluding carboxylic acids is 1. The predicted octanol–water partition coefficient (Wildman–Crippen LogP) is 1.98. The van der Waals surface area contributed by atoms with E-state index in [1.54, 1.807) is 6.07 Å².